The summed E-state index contributed by atoms with van der Waals surface area (Å²) in [5.74, 6) is 0. The van der Waals surface area contributed by atoms with Crippen molar-refractivity contribution in [3.63, 3.8) is 0 Å². The van der Waals surface area contributed by atoms with Crippen molar-refractivity contribution < 1.29 is 9.42 Å². The molecule has 17 heavy (non-hydrogen) atoms. The van der Waals surface area contributed by atoms with Crippen molar-refractivity contribution in [3.05, 3.63) is 0 Å². The summed E-state index contributed by atoms with van der Waals surface area (Å²) in [4.78, 5) is 8.87. The van der Waals surface area contributed by atoms with Crippen LogP contribution in [0, 0.1) is 0 Å². The number of hydrogen-bond acceptors (Lipinski definition) is 2. The second-order valence-corrected chi connectivity index (χ2v) is 6.29. The van der Waals surface area contributed by atoms with Crippen LogP contribution in [0.15, 0.2) is 0 Å². The normalized spacial score (nSPS) is 14.8. The van der Waals surface area contributed by atoms with Crippen LogP contribution in [0.1, 0.15) is 78.1 Å². The molecule has 0 aromatic rings. The van der Waals surface area contributed by atoms with Crippen LogP contribution in [0.5, 0.6) is 0 Å². The molecule has 0 saturated carbocycles. The molecule has 0 aliphatic heterocycles. The molecule has 2 nitrogen and oxygen atoms in total. The molecular weight excluding hydrogens is 255 g/mol. The summed E-state index contributed by atoms with van der Waals surface area (Å²) < 4.78 is 5.11. The molecule has 0 aliphatic rings. The first kappa shape index (κ1) is 17.6. The highest BCUT2D eigenvalue weighted by Gasteiger charge is 2.07. The number of hydrogen-bond donors (Lipinski definition) is 1. The first-order valence-corrected chi connectivity index (χ1v) is 9.10. The highest BCUT2D eigenvalue weighted by Crippen LogP contribution is 2.39. The third-order valence-corrected chi connectivity index (χ3v) is 3.75. The van der Waals surface area contributed by atoms with Crippen LogP contribution < -0.4 is 0 Å². The van der Waals surface area contributed by atoms with E-state index in [1.165, 1.54) is 57.8 Å². The van der Waals surface area contributed by atoms with E-state index in [-0.39, 0.29) is 6.10 Å². The zero-order valence-corrected chi connectivity index (χ0v) is 13.0. The zero-order valence-electron chi connectivity index (χ0n) is 11.3. The minimum atomic E-state index is -1.70. The summed E-state index contributed by atoms with van der Waals surface area (Å²) in [6.45, 7) is 4.22. The van der Waals surface area contributed by atoms with Gasteiger partial charge in [0.1, 0.15) is 0 Å². The van der Waals surface area contributed by atoms with Crippen LogP contribution in [0.2, 0.25) is 0 Å². The van der Waals surface area contributed by atoms with Crippen molar-refractivity contribution in [1.29, 1.82) is 0 Å². The van der Waals surface area contributed by atoms with E-state index in [0.717, 1.165) is 6.42 Å². The Morgan fingerprint density at radius 3 is 1.94 bits per heavy atom. The average Bonchev–Trinajstić information content (AvgIpc) is 2.26. The van der Waals surface area contributed by atoms with E-state index in [1.54, 1.807) is 0 Å². The standard InChI is InChI=1S/C13H28ClO2P/c1-3-4-5-6-7-8-9-10-11-12-13(2)16-17(14)15/h13,15H,3-12H2,1-2H3. The maximum absolute atomic E-state index is 8.87. The molecule has 0 amide bonds. The Balaban J connectivity index is 3.07. The molecule has 0 radical (unpaired) electrons. The minimum absolute atomic E-state index is 0.0909. The second-order valence-electron chi connectivity index (χ2n) is 4.76. The van der Waals surface area contributed by atoms with Crippen molar-refractivity contribution in [2.24, 2.45) is 0 Å². The van der Waals surface area contributed by atoms with Gasteiger partial charge in [-0.3, -0.25) is 0 Å². The molecule has 0 fully saturated rings. The number of rotatable bonds is 12. The summed E-state index contributed by atoms with van der Waals surface area (Å²) >= 11 is 5.39. The van der Waals surface area contributed by atoms with Gasteiger partial charge in [0.05, 0.1) is 6.10 Å². The van der Waals surface area contributed by atoms with E-state index < -0.39 is 7.73 Å². The van der Waals surface area contributed by atoms with Gasteiger partial charge in [-0.2, -0.15) is 0 Å². The van der Waals surface area contributed by atoms with Gasteiger partial charge in [0.2, 0.25) is 0 Å². The van der Waals surface area contributed by atoms with Gasteiger partial charge in [-0.05, 0) is 24.6 Å². The first-order valence-electron chi connectivity index (χ1n) is 6.98. The van der Waals surface area contributed by atoms with Crippen molar-refractivity contribution >= 4 is 19.0 Å². The van der Waals surface area contributed by atoms with Crippen LogP contribution in [0.25, 0.3) is 0 Å². The quantitative estimate of drug-likeness (QED) is 0.364. The van der Waals surface area contributed by atoms with Crippen LogP contribution in [0.4, 0.5) is 0 Å². The average molecular weight is 283 g/mol. The summed E-state index contributed by atoms with van der Waals surface area (Å²) in [5.41, 5.74) is 0. The predicted molar refractivity (Wildman–Crippen MR) is 77.4 cm³/mol. The highest BCUT2D eigenvalue weighted by atomic mass is 35.7. The van der Waals surface area contributed by atoms with E-state index in [1.807, 2.05) is 6.92 Å². The zero-order chi connectivity index (χ0) is 12.9. The van der Waals surface area contributed by atoms with E-state index >= 15 is 0 Å². The number of unbranched alkanes of at least 4 members (excludes halogenated alkanes) is 8. The molecule has 0 aromatic heterocycles. The fourth-order valence-corrected chi connectivity index (χ4v) is 2.75. The largest absolute Gasteiger partial charge is 0.338 e. The predicted octanol–water partition coefficient (Wildman–Crippen LogP) is 5.77. The van der Waals surface area contributed by atoms with Crippen molar-refractivity contribution in [2.75, 3.05) is 0 Å². The molecule has 0 aliphatic carbocycles. The third kappa shape index (κ3) is 14.6. The Bertz CT molecular complexity index is 156. The van der Waals surface area contributed by atoms with Gasteiger partial charge < -0.3 is 9.42 Å². The van der Waals surface area contributed by atoms with E-state index in [0.29, 0.717) is 0 Å². The summed E-state index contributed by atoms with van der Waals surface area (Å²) in [5, 5.41) is 0. The summed E-state index contributed by atoms with van der Waals surface area (Å²) in [6.07, 6.45) is 13.1. The minimum Gasteiger partial charge on any atom is -0.338 e. The molecule has 2 atom stereocenters. The Labute approximate surface area is 113 Å². The Hall–Kier alpha value is 0.640. The Morgan fingerprint density at radius 2 is 1.47 bits per heavy atom. The molecule has 0 bridgehead atoms. The number of halogens is 1. The van der Waals surface area contributed by atoms with Crippen LogP contribution in [-0.2, 0) is 4.52 Å². The first-order chi connectivity index (χ1) is 8.16. The summed E-state index contributed by atoms with van der Waals surface area (Å²) in [7, 11) is -1.70. The highest BCUT2D eigenvalue weighted by molar-refractivity contribution is 7.75. The van der Waals surface area contributed by atoms with Crippen molar-refractivity contribution in [1.82, 2.24) is 0 Å². The second kappa shape index (κ2) is 13.1. The maximum atomic E-state index is 8.87. The molecule has 0 heterocycles. The Kier molecular flexibility index (Phi) is 13.6. The monoisotopic (exact) mass is 282 g/mol. The molecule has 0 rings (SSSR count). The molecule has 2 unspecified atom stereocenters. The van der Waals surface area contributed by atoms with Crippen LogP contribution in [0.3, 0.4) is 0 Å². The Morgan fingerprint density at radius 1 is 1.00 bits per heavy atom. The van der Waals surface area contributed by atoms with Gasteiger partial charge in [0, 0.05) is 0 Å². The molecule has 1 N–H and O–H groups in total. The maximum Gasteiger partial charge on any atom is 0.274 e. The molecule has 0 spiro atoms. The molecule has 0 saturated heterocycles. The van der Waals surface area contributed by atoms with Crippen LogP contribution in [-0.4, -0.2) is 11.0 Å². The van der Waals surface area contributed by atoms with E-state index in [2.05, 4.69) is 6.92 Å². The van der Waals surface area contributed by atoms with E-state index in [4.69, 9.17) is 20.7 Å². The smallest absolute Gasteiger partial charge is 0.274 e. The SMILES string of the molecule is CCCCCCCCCCCC(C)OP(O)Cl. The van der Waals surface area contributed by atoms with Gasteiger partial charge in [0.25, 0.3) is 7.73 Å². The lowest BCUT2D eigenvalue weighted by Gasteiger charge is -2.12. The van der Waals surface area contributed by atoms with Gasteiger partial charge >= 0.3 is 0 Å². The lowest BCUT2D eigenvalue weighted by Crippen LogP contribution is -2.02. The molecule has 0 aromatic carbocycles. The van der Waals surface area contributed by atoms with Gasteiger partial charge in [0.15, 0.2) is 0 Å². The van der Waals surface area contributed by atoms with Crippen molar-refractivity contribution in [2.45, 2.75) is 84.2 Å². The van der Waals surface area contributed by atoms with Crippen LogP contribution >= 0.6 is 19.0 Å². The summed E-state index contributed by atoms with van der Waals surface area (Å²) in [6, 6.07) is 0. The molecule has 104 valence electrons. The topological polar surface area (TPSA) is 29.5 Å². The van der Waals surface area contributed by atoms with Crippen molar-refractivity contribution in [3.8, 4) is 0 Å². The fourth-order valence-electron chi connectivity index (χ4n) is 1.94. The molecule has 4 heteroatoms. The lowest BCUT2D eigenvalue weighted by atomic mass is 10.1. The van der Waals surface area contributed by atoms with Gasteiger partial charge in [-0.1, -0.05) is 64.7 Å². The fraction of sp³-hybridized carbons (Fsp3) is 1.00. The third-order valence-electron chi connectivity index (χ3n) is 2.98. The molecular formula is C13H28ClO2P. The van der Waals surface area contributed by atoms with E-state index in [9.17, 15) is 0 Å². The van der Waals surface area contributed by atoms with Gasteiger partial charge in [-0.15, -0.1) is 0 Å². The lowest BCUT2D eigenvalue weighted by molar-refractivity contribution is 0.213. The van der Waals surface area contributed by atoms with Gasteiger partial charge in [-0.25, -0.2) is 0 Å².